The maximum absolute atomic E-state index is 13.6. The Balaban J connectivity index is 1.65. The Morgan fingerprint density at radius 1 is 1.07 bits per heavy atom. The fourth-order valence-corrected chi connectivity index (χ4v) is 8.87. The van der Waals surface area contributed by atoms with Crippen molar-refractivity contribution in [2.24, 2.45) is 4.99 Å². The molecule has 0 spiro atoms. The van der Waals surface area contributed by atoms with Crippen LogP contribution in [0.15, 0.2) is 59.6 Å². The lowest BCUT2D eigenvalue weighted by Gasteiger charge is -2.27. The maximum atomic E-state index is 13.6. The molecule has 2 fully saturated rings. The van der Waals surface area contributed by atoms with E-state index in [9.17, 15) is 18.0 Å². The highest BCUT2D eigenvalue weighted by Crippen LogP contribution is 2.41. The molecule has 2 aromatic carbocycles. The monoisotopic (exact) mass is 586 g/mol. The second-order valence-corrected chi connectivity index (χ2v) is 14.3. The molecule has 0 aliphatic carbocycles. The summed E-state index contributed by atoms with van der Waals surface area (Å²) >= 11 is 1.31. The van der Waals surface area contributed by atoms with Crippen LogP contribution < -0.4 is 15.1 Å². The molecule has 2 aliphatic rings. The number of alkyl carbamates (subject to hydrolysis) is 1. The summed E-state index contributed by atoms with van der Waals surface area (Å²) in [6, 6.07) is 16.0. The number of carbonyl (C=O) groups is 2. The minimum absolute atomic E-state index is 0.000718. The van der Waals surface area contributed by atoms with E-state index in [-0.39, 0.29) is 29.2 Å². The van der Waals surface area contributed by atoms with Gasteiger partial charge < -0.3 is 19.9 Å². The van der Waals surface area contributed by atoms with Crippen molar-refractivity contribution < 1.29 is 22.7 Å². The normalized spacial score (nSPS) is 21.6. The summed E-state index contributed by atoms with van der Waals surface area (Å²) in [6.45, 7) is 11.2. The average molecular weight is 587 g/mol. The van der Waals surface area contributed by atoms with Crippen molar-refractivity contribution in [1.82, 2.24) is 5.32 Å². The van der Waals surface area contributed by atoms with Crippen molar-refractivity contribution in [3.8, 4) is 0 Å². The van der Waals surface area contributed by atoms with Crippen molar-refractivity contribution in [2.45, 2.75) is 64.0 Å². The van der Waals surface area contributed by atoms with Crippen LogP contribution in [0.2, 0.25) is 0 Å². The number of hydrogen-bond acceptors (Lipinski definition) is 7. The summed E-state index contributed by atoms with van der Waals surface area (Å²) in [7, 11) is -3.20. The molecule has 2 aliphatic heterocycles. The Morgan fingerprint density at radius 3 is 2.33 bits per heavy atom. The van der Waals surface area contributed by atoms with Crippen molar-refractivity contribution in [3.05, 3.63) is 60.2 Å². The number of rotatable bonds is 8. The molecule has 2 saturated heterocycles. The fourth-order valence-electron chi connectivity index (χ4n) is 4.95. The third-order valence-electron chi connectivity index (χ3n) is 6.80. The molecule has 9 nitrogen and oxygen atoms in total. The third-order valence-corrected chi connectivity index (χ3v) is 10.0. The molecule has 0 saturated carbocycles. The average Bonchev–Trinajstić information content (AvgIpc) is 3.35. The van der Waals surface area contributed by atoms with Gasteiger partial charge in [-0.1, -0.05) is 42.1 Å². The molecule has 2 amide bonds. The molecule has 0 radical (unpaired) electrons. The van der Waals surface area contributed by atoms with Gasteiger partial charge in [0.05, 0.1) is 17.5 Å². The lowest BCUT2D eigenvalue weighted by Crippen LogP contribution is -2.45. The Morgan fingerprint density at radius 2 is 1.73 bits per heavy atom. The molecule has 0 unspecified atom stereocenters. The summed E-state index contributed by atoms with van der Waals surface area (Å²) in [5.41, 5.74) is 1.98. The van der Waals surface area contributed by atoms with Gasteiger partial charge in [0.1, 0.15) is 11.6 Å². The second kappa shape index (κ2) is 12.2. The second-order valence-electron chi connectivity index (χ2n) is 11.0. The highest BCUT2D eigenvalue weighted by molar-refractivity contribution is 8.16. The van der Waals surface area contributed by atoms with Crippen LogP contribution in [0.1, 0.15) is 40.2 Å². The standard InChI is InChI=1S/C29H38N4O5S2/c1-6-32(7-2)21-13-15-22(16-14-21)33-24-18-40(36,37)19-25(24)39-27(33)31-26(34)23(17-20-11-9-8-10-12-20)30-28(35)38-29(3,4)5/h8-16,23-25H,6-7,17-19H2,1-5H3,(H,30,35)/t23-,24+,25+/m1/s1. The molecule has 40 heavy (non-hydrogen) atoms. The van der Waals surface area contributed by atoms with Crippen LogP contribution in [0, 0.1) is 0 Å². The Kier molecular flexibility index (Phi) is 9.14. The number of amidine groups is 1. The first-order valence-corrected chi connectivity index (χ1v) is 16.3. The number of anilines is 2. The summed E-state index contributed by atoms with van der Waals surface area (Å²) in [4.78, 5) is 34.8. The molecule has 2 aromatic rings. The van der Waals surface area contributed by atoms with E-state index in [1.165, 1.54) is 11.8 Å². The molecule has 4 rings (SSSR count). The van der Waals surface area contributed by atoms with Gasteiger partial charge in [-0.3, -0.25) is 4.79 Å². The topological polar surface area (TPSA) is 108 Å². The highest BCUT2D eigenvalue weighted by atomic mass is 32.2. The Labute approximate surface area is 241 Å². The third kappa shape index (κ3) is 7.37. The van der Waals surface area contributed by atoms with E-state index < -0.39 is 33.5 Å². The maximum Gasteiger partial charge on any atom is 0.408 e. The molecule has 216 valence electrons. The van der Waals surface area contributed by atoms with Crippen molar-refractivity contribution in [1.29, 1.82) is 0 Å². The number of sulfone groups is 1. The van der Waals surface area contributed by atoms with Crippen molar-refractivity contribution in [3.63, 3.8) is 0 Å². The first-order valence-electron chi connectivity index (χ1n) is 13.6. The first kappa shape index (κ1) is 29.9. The van der Waals surface area contributed by atoms with Gasteiger partial charge in [0.2, 0.25) is 0 Å². The predicted molar refractivity (Wildman–Crippen MR) is 162 cm³/mol. The molecule has 2 heterocycles. The summed E-state index contributed by atoms with van der Waals surface area (Å²) in [5.74, 6) is -0.489. The smallest absolute Gasteiger partial charge is 0.408 e. The van der Waals surface area contributed by atoms with Crippen molar-refractivity contribution >= 4 is 50.1 Å². The van der Waals surface area contributed by atoms with Crippen LogP contribution in [0.3, 0.4) is 0 Å². The van der Waals surface area contributed by atoms with Gasteiger partial charge in [-0.2, -0.15) is 4.99 Å². The van der Waals surface area contributed by atoms with E-state index in [0.717, 1.165) is 30.0 Å². The zero-order valence-electron chi connectivity index (χ0n) is 23.7. The number of ether oxygens (including phenoxy) is 1. The lowest BCUT2D eigenvalue weighted by molar-refractivity contribution is -0.119. The fraction of sp³-hybridized carbons (Fsp3) is 0.483. The molecule has 1 N–H and O–H groups in total. The van der Waals surface area contributed by atoms with Gasteiger partial charge in [-0.25, -0.2) is 13.2 Å². The molecule has 0 bridgehead atoms. The molecule has 3 atom stereocenters. The van der Waals surface area contributed by atoms with Crippen LogP contribution in [-0.2, 0) is 25.8 Å². The zero-order valence-corrected chi connectivity index (χ0v) is 25.3. The number of amides is 2. The molecule has 11 heteroatoms. The number of thioether (sulfide) groups is 1. The van der Waals surface area contributed by atoms with Crippen LogP contribution >= 0.6 is 11.8 Å². The number of fused-ring (bicyclic) bond motifs is 1. The quantitative estimate of drug-likeness (QED) is 0.489. The number of benzene rings is 2. The Bertz CT molecular complexity index is 1340. The van der Waals surface area contributed by atoms with E-state index in [4.69, 9.17) is 4.74 Å². The van der Waals surface area contributed by atoms with Crippen LogP contribution in [0.5, 0.6) is 0 Å². The minimum Gasteiger partial charge on any atom is -0.444 e. The molecular formula is C29H38N4O5S2. The van der Waals surface area contributed by atoms with Crippen LogP contribution in [0.4, 0.5) is 16.2 Å². The first-order chi connectivity index (χ1) is 18.9. The van der Waals surface area contributed by atoms with Crippen LogP contribution in [0.25, 0.3) is 0 Å². The SMILES string of the molecule is CCN(CC)c1ccc(N2C(=NC(=O)[C@@H](Cc3ccccc3)NC(=O)OC(C)(C)C)S[C@H]3CS(=O)(=O)C[C@@H]32)cc1. The number of carbonyl (C=O) groups excluding carboxylic acids is 2. The highest BCUT2D eigenvalue weighted by Gasteiger charge is 2.49. The van der Waals surface area contributed by atoms with Gasteiger partial charge >= 0.3 is 6.09 Å². The number of aliphatic imine (C=N–C) groups is 1. The number of hydrogen-bond donors (Lipinski definition) is 1. The van der Waals surface area contributed by atoms with E-state index in [1.807, 2.05) is 59.5 Å². The summed E-state index contributed by atoms with van der Waals surface area (Å²) < 4.78 is 30.4. The summed E-state index contributed by atoms with van der Waals surface area (Å²) in [6.07, 6.45) is -0.465. The van der Waals surface area contributed by atoms with E-state index in [1.54, 1.807) is 20.8 Å². The van der Waals surface area contributed by atoms with Crippen molar-refractivity contribution in [2.75, 3.05) is 34.4 Å². The van der Waals surface area contributed by atoms with Gasteiger partial charge in [0.25, 0.3) is 5.91 Å². The number of nitrogens with one attached hydrogen (secondary N) is 1. The summed E-state index contributed by atoms with van der Waals surface area (Å²) in [5, 5.41) is 2.91. The molecular weight excluding hydrogens is 548 g/mol. The Hall–Kier alpha value is -3.05. The predicted octanol–water partition coefficient (Wildman–Crippen LogP) is 4.27. The van der Waals surface area contributed by atoms with E-state index >= 15 is 0 Å². The van der Waals surface area contributed by atoms with Crippen LogP contribution in [-0.4, -0.2) is 73.1 Å². The van der Waals surface area contributed by atoms with E-state index in [0.29, 0.717) is 5.17 Å². The van der Waals surface area contributed by atoms with E-state index in [2.05, 4.69) is 29.1 Å². The van der Waals surface area contributed by atoms with Gasteiger partial charge in [-0.05, 0) is 64.4 Å². The molecule has 0 aromatic heterocycles. The zero-order chi connectivity index (χ0) is 29.1. The van der Waals surface area contributed by atoms with Gasteiger partial charge in [-0.15, -0.1) is 0 Å². The largest absolute Gasteiger partial charge is 0.444 e. The number of nitrogens with zero attached hydrogens (tertiary/aromatic N) is 3. The van der Waals surface area contributed by atoms with Gasteiger partial charge in [0, 0.05) is 36.1 Å². The van der Waals surface area contributed by atoms with Gasteiger partial charge in [0.15, 0.2) is 15.0 Å². The lowest BCUT2D eigenvalue weighted by atomic mass is 10.1. The minimum atomic E-state index is -3.20.